The number of nitrogens with zero attached hydrogens (tertiary/aromatic N) is 1. The number of hydrogen-bond donors (Lipinski definition) is 6. The molecule has 44 heavy (non-hydrogen) atoms. The Balaban J connectivity index is 1.28. The van der Waals surface area contributed by atoms with Crippen LogP contribution in [-0.2, 0) is 27.2 Å². The van der Waals surface area contributed by atoms with Gasteiger partial charge in [-0.2, -0.15) is 0 Å². The zero-order valence-electron chi connectivity index (χ0n) is 24.9. The normalized spacial score (nSPS) is 30.1. The molecule has 10 heteroatoms. The number of nitrogens with two attached hydrogens (primary N) is 1. The highest BCUT2D eigenvalue weighted by molar-refractivity contribution is 6.24. The summed E-state index contributed by atoms with van der Waals surface area (Å²) in [5, 5.41) is 49.1. The second kappa shape index (κ2) is 11.1. The van der Waals surface area contributed by atoms with E-state index in [1.165, 1.54) is 10.5 Å². The van der Waals surface area contributed by atoms with Crippen molar-refractivity contribution in [3.63, 3.8) is 0 Å². The number of likely N-dealkylation sites (N-methyl/N-ethyl adjacent to an activating group) is 1. The molecule has 2 aromatic rings. The summed E-state index contributed by atoms with van der Waals surface area (Å²) in [4.78, 5) is 40.9. The number of carbonyl (C=O) groups is 3. The van der Waals surface area contributed by atoms with Crippen LogP contribution in [0.1, 0.15) is 48.8 Å². The van der Waals surface area contributed by atoms with Gasteiger partial charge in [-0.25, -0.2) is 0 Å². The van der Waals surface area contributed by atoms with Crippen LogP contribution in [0.25, 0.3) is 5.76 Å². The summed E-state index contributed by atoms with van der Waals surface area (Å²) in [5.74, 6) is -5.87. The van der Waals surface area contributed by atoms with Crippen molar-refractivity contribution in [2.45, 2.75) is 62.6 Å². The molecule has 0 saturated heterocycles. The lowest BCUT2D eigenvalue weighted by Crippen LogP contribution is -2.65. The molecule has 2 aromatic carbocycles. The zero-order valence-corrected chi connectivity index (χ0v) is 24.9. The number of phenols is 1. The van der Waals surface area contributed by atoms with Crippen LogP contribution in [0.15, 0.2) is 59.4 Å². The van der Waals surface area contributed by atoms with Crippen molar-refractivity contribution in [1.29, 1.82) is 0 Å². The SMILES string of the molecule is CN(C)[C@H]1C(=O)C(C(N)=O)=C(O)[C@@]2(O)C(=O)C3=C(O)c4c(ccc(NC5CCC(Cc6ccccc6)CC5)c4O)C[C@H]3C[C@@H]12. The number of amides is 1. The van der Waals surface area contributed by atoms with Gasteiger partial charge in [0, 0.05) is 17.5 Å². The Hall–Kier alpha value is -4.15. The number of carbonyl (C=O) groups excluding carboxylic acids is 3. The van der Waals surface area contributed by atoms with E-state index in [-0.39, 0.29) is 35.8 Å². The quantitative estimate of drug-likeness (QED) is 0.215. The molecule has 7 N–H and O–H groups in total. The van der Waals surface area contributed by atoms with E-state index < -0.39 is 58.0 Å². The maximum Gasteiger partial charge on any atom is 0.255 e. The van der Waals surface area contributed by atoms with Crippen LogP contribution < -0.4 is 11.1 Å². The van der Waals surface area contributed by atoms with E-state index in [4.69, 9.17) is 5.73 Å². The molecule has 1 amide bonds. The Bertz CT molecular complexity index is 1590. The third-order valence-electron chi connectivity index (χ3n) is 10.2. The topological polar surface area (TPSA) is 173 Å². The molecule has 0 aromatic heterocycles. The summed E-state index contributed by atoms with van der Waals surface area (Å²) >= 11 is 0. The van der Waals surface area contributed by atoms with Crippen molar-refractivity contribution < 1.29 is 34.8 Å². The molecule has 0 unspecified atom stereocenters. The number of hydrogen-bond acceptors (Lipinski definition) is 9. The maximum atomic E-state index is 14.0. The number of rotatable bonds is 6. The number of aromatic hydroxyl groups is 1. The highest BCUT2D eigenvalue weighted by Crippen LogP contribution is 2.53. The number of aliphatic hydroxyl groups is 3. The Morgan fingerprint density at radius 2 is 1.70 bits per heavy atom. The van der Waals surface area contributed by atoms with Crippen molar-refractivity contribution >= 4 is 28.9 Å². The van der Waals surface area contributed by atoms with Gasteiger partial charge in [0.25, 0.3) is 5.91 Å². The predicted octanol–water partition coefficient (Wildman–Crippen LogP) is 3.18. The van der Waals surface area contributed by atoms with Crippen LogP contribution in [0.3, 0.4) is 0 Å². The second-order valence-electron chi connectivity index (χ2n) is 13.0. The number of phenolic OH excluding ortho intramolecular Hbond substituents is 1. The van der Waals surface area contributed by atoms with E-state index in [0.29, 0.717) is 17.2 Å². The Morgan fingerprint density at radius 1 is 1.02 bits per heavy atom. The van der Waals surface area contributed by atoms with Crippen LogP contribution in [0.2, 0.25) is 0 Å². The van der Waals surface area contributed by atoms with Crippen molar-refractivity contribution in [2.75, 3.05) is 19.4 Å². The number of ketones is 2. The highest BCUT2D eigenvalue weighted by atomic mass is 16.3. The standard InChI is InChI=1S/C34H39N3O7/c1-37(2)27-22-16-20-15-19-10-13-23(36-21-11-8-18(9-12-21)14-17-6-4-3-5-7-17)28(38)24(19)29(39)25(20)31(41)34(22,44)32(42)26(30(27)40)33(35)43/h3-7,10,13,18,20-22,27,36,38-39,42,44H,8-9,11-12,14-16H2,1-2H3,(H2,35,43)/t18?,20-,21?,22-,27+,34-/m0/s1. The van der Waals surface area contributed by atoms with E-state index in [1.807, 2.05) is 12.1 Å². The van der Waals surface area contributed by atoms with Gasteiger partial charge in [-0.3, -0.25) is 19.3 Å². The van der Waals surface area contributed by atoms with E-state index >= 15 is 0 Å². The molecular weight excluding hydrogens is 562 g/mol. The first kappa shape index (κ1) is 29.9. The predicted molar refractivity (Wildman–Crippen MR) is 164 cm³/mol. The van der Waals surface area contributed by atoms with Gasteiger partial charge in [0.05, 0.1) is 17.3 Å². The fraction of sp³-hybridized carbons (Fsp3) is 0.441. The first-order valence-corrected chi connectivity index (χ1v) is 15.2. The minimum Gasteiger partial charge on any atom is -0.508 e. The van der Waals surface area contributed by atoms with Gasteiger partial charge < -0.3 is 31.5 Å². The molecule has 10 nitrogen and oxygen atoms in total. The minimum atomic E-state index is -2.64. The number of benzene rings is 2. The molecule has 0 aliphatic heterocycles. The van der Waals surface area contributed by atoms with E-state index in [2.05, 4.69) is 29.6 Å². The molecule has 232 valence electrons. The summed E-state index contributed by atoms with van der Waals surface area (Å²) in [6.07, 6.45) is 5.32. The van der Waals surface area contributed by atoms with Crippen LogP contribution >= 0.6 is 0 Å². The van der Waals surface area contributed by atoms with Gasteiger partial charge in [-0.05, 0) is 88.1 Å². The molecule has 4 aliphatic carbocycles. The van der Waals surface area contributed by atoms with E-state index in [9.17, 15) is 34.8 Å². The fourth-order valence-corrected chi connectivity index (χ4v) is 8.01. The lowest BCUT2D eigenvalue weighted by Gasteiger charge is -2.50. The number of primary amides is 1. The average Bonchev–Trinajstić information content (AvgIpc) is 2.97. The molecule has 6 rings (SSSR count). The molecule has 0 radical (unpaired) electrons. The summed E-state index contributed by atoms with van der Waals surface area (Å²) in [5.41, 5.74) is 4.29. The third-order valence-corrected chi connectivity index (χ3v) is 10.2. The van der Waals surface area contributed by atoms with Crippen LogP contribution in [0.5, 0.6) is 5.75 Å². The molecule has 4 aliphatic rings. The number of aliphatic hydroxyl groups excluding tert-OH is 2. The van der Waals surface area contributed by atoms with Crippen molar-refractivity contribution in [3.05, 3.63) is 76.1 Å². The minimum absolute atomic E-state index is 0.0682. The number of Topliss-reactive ketones (excluding diaryl/α,β-unsaturated/α-hetero) is 2. The monoisotopic (exact) mass is 601 g/mol. The van der Waals surface area contributed by atoms with Gasteiger partial charge in [-0.15, -0.1) is 0 Å². The van der Waals surface area contributed by atoms with E-state index in [0.717, 1.165) is 32.1 Å². The Kier molecular flexibility index (Phi) is 7.53. The van der Waals surface area contributed by atoms with E-state index in [1.54, 1.807) is 20.2 Å². The Labute approximate surface area is 255 Å². The van der Waals surface area contributed by atoms with Crippen molar-refractivity contribution in [3.8, 4) is 5.75 Å². The smallest absolute Gasteiger partial charge is 0.255 e. The number of anilines is 1. The van der Waals surface area contributed by atoms with Gasteiger partial charge in [0.15, 0.2) is 11.4 Å². The second-order valence-corrected chi connectivity index (χ2v) is 13.0. The molecule has 2 saturated carbocycles. The lowest BCUT2D eigenvalue weighted by molar-refractivity contribution is -0.153. The van der Waals surface area contributed by atoms with Gasteiger partial charge in [0.2, 0.25) is 5.78 Å². The van der Waals surface area contributed by atoms with Crippen LogP contribution in [0.4, 0.5) is 5.69 Å². The molecule has 0 spiro atoms. The summed E-state index contributed by atoms with van der Waals surface area (Å²) < 4.78 is 0. The molecule has 4 atom stereocenters. The maximum absolute atomic E-state index is 14.0. The Morgan fingerprint density at radius 3 is 2.34 bits per heavy atom. The third kappa shape index (κ3) is 4.68. The van der Waals surface area contributed by atoms with Gasteiger partial charge in [0.1, 0.15) is 22.8 Å². The summed E-state index contributed by atoms with van der Waals surface area (Å²) in [6, 6.07) is 13.1. The molecular formula is C34H39N3O7. The first-order chi connectivity index (χ1) is 20.9. The van der Waals surface area contributed by atoms with Crippen LogP contribution in [-0.4, -0.2) is 74.6 Å². The van der Waals surface area contributed by atoms with Crippen molar-refractivity contribution in [1.82, 2.24) is 4.90 Å². The summed E-state index contributed by atoms with van der Waals surface area (Å²) in [7, 11) is 3.16. The highest BCUT2D eigenvalue weighted by Gasteiger charge is 2.64. The molecule has 0 bridgehead atoms. The molecule has 0 heterocycles. The van der Waals surface area contributed by atoms with Gasteiger partial charge in [-0.1, -0.05) is 36.4 Å². The first-order valence-electron chi connectivity index (χ1n) is 15.2. The largest absolute Gasteiger partial charge is 0.508 e. The average molecular weight is 602 g/mol. The zero-order chi connectivity index (χ0) is 31.5. The molecule has 2 fully saturated rings. The number of nitrogens with one attached hydrogen (secondary N) is 1. The van der Waals surface area contributed by atoms with Crippen LogP contribution in [0, 0.1) is 17.8 Å². The summed E-state index contributed by atoms with van der Waals surface area (Å²) in [6.45, 7) is 0. The fourth-order valence-electron chi connectivity index (χ4n) is 8.01. The number of fused-ring (bicyclic) bond motifs is 3. The van der Waals surface area contributed by atoms with Crippen molar-refractivity contribution in [2.24, 2.45) is 23.5 Å². The lowest BCUT2D eigenvalue weighted by atomic mass is 9.57. The van der Waals surface area contributed by atoms with Gasteiger partial charge >= 0.3 is 0 Å².